The van der Waals surface area contributed by atoms with Crippen LogP contribution in [0, 0.1) is 5.92 Å². The molecule has 3 N–H and O–H groups in total. The maximum atomic E-state index is 12.7. The molecule has 1 aliphatic carbocycles. The van der Waals surface area contributed by atoms with Gasteiger partial charge in [0.05, 0.1) is 11.0 Å². The Hall–Kier alpha value is -3.34. The molecule has 3 aromatic carbocycles. The third-order valence-corrected chi connectivity index (χ3v) is 6.16. The van der Waals surface area contributed by atoms with E-state index >= 15 is 0 Å². The van der Waals surface area contributed by atoms with Crippen molar-refractivity contribution >= 4 is 33.7 Å². The number of carbonyl (C=O) groups is 1. The number of anilines is 1. The van der Waals surface area contributed by atoms with Crippen molar-refractivity contribution in [3.63, 3.8) is 0 Å². The fourth-order valence-electron chi connectivity index (χ4n) is 4.49. The van der Waals surface area contributed by atoms with E-state index in [1.807, 2.05) is 36.4 Å². The number of aromatic nitrogens is 2. The molecule has 0 spiro atoms. The molecule has 1 heterocycles. The van der Waals surface area contributed by atoms with E-state index in [1.165, 1.54) is 16.3 Å². The first kappa shape index (κ1) is 18.7. The zero-order valence-corrected chi connectivity index (χ0v) is 16.9. The van der Waals surface area contributed by atoms with Crippen LogP contribution in [0.25, 0.3) is 21.8 Å². The Morgan fingerprint density at radius 2 is 1.70 bits per heavy atom. The van der Waals surface area contributed by atoms with Crippen LogP contribution in [0.1, 0.15) is 31.2 Å². The molecule has 1 fully saturated rings. The summed E-state index contributed by atoms with van der Waals surface area (Å²) in [5.41, 5.74) is 3.18. The Morgan fingerprint density at radius 1 is 0.933 bits per heavy atom. The summed E-state index contributed by atoms with van der Waals surface area (Å²) in [6.45, 7) is 0.581. The Morgan fingerprint density at radius 3 is 2.57 bits per heavy atom. The highest BCUT2D eigenvalue weighted by molar-refractivity contribution is 5.86. The number of nitrogens with one attached hydrogen (secondary N) is 3. The molecule has 0 unspecified atom stereocenters. The molecular weight excluding hydrogens is 372 g/mol. The number of imidazole rings is 1. The van der Waals surface area contributed by atoms with E-state index in [2.05, 4.69) is 50.9 Å². The van der Waals surface area contributed by atoms with Crippen molar-refractivity contribution < 1.29 is 4.79 Å². The minimum absolute atomic E-state index is 0.0914. The number of rotatable bonds is 5. The fourth-order valence-corrected chi connectivity index (χ4v) is 4.49. The lowest BCUT2D eigenvalue weighted by Crippen LogP contribution is -2.35. The molecule has 0 atom stereocenters. The zero-order chi connectivity index (χ0) is 20.3. The molecule has 1 saturated carbocycles. The molecule has 152 valence electrons. The number of carbonyl (C=O) groups excluding carboxylic acids is 1. The molecule has 4 aromatic rings. The monoisotopic (exact) mass is 398 g/mol. The van der Waals surface area contributed by atoms with Crippen LogP contribution in [0.3, 0.4) is 0 Å². The average molecular weight is 399 g/mol. The van der Waals surface area contributed by atoms with Gasteiger partial charge in [-0.1, -0.05) is 54.6 Å². The van der Waals surface area contributed by atoms with Gasteiger partial charge < -0.3 is 15.6 Å². The van der Waals surface area contributed by atoms with Crippen LogP contribution in [0.15, 0.2) is 66.7 Å². The van der Waals surface area contributed by atoms with E-state index in [0.717, 1.165) is 42.7 Å². The third-order valence-electron chi connectivity index (χ3n) is 6.16. The molecule has 0 aliphatic heterocycles. The maximum Gasteiger partial charge on any atom is 0.223 e. The van der Waals surface area contributed by atoms with Gasteiger partial charge in [-0.3, -0.25) is 4.79 Å². The highest BCUT2D eigenvalue weighted by Crippen LogP contribution is 2.27. The predicted octanol–water partition coefficient (Wildman–Crippen LogP) is 5.00. The quantitative estimate of drug-likeness (QED) is 0.443. The summed E-state index contributed by atoms with van der Waals surface area (Å²) in [5, 5.41) is 9.09. The van der Waals surface area contributed by atoms with Gasteiger partial charge >= 0.3 is 0 Å². The van der Waals surface area contributed by atoms with Crippen LogP contribution in [-0.2, 0) is 11.3 Å². The van der Waals surface area contributed by atoms with Crippen molar-refractivity contribution in [1.29, 1.82) is 0 Å². The smallest absolute Gasteiger partial charge is 0.223 e. The van der Waals surface area contributed by atoms with Gasteiger partial charge in [-0.05, 0) is 54.2 Å². The number of nitrogens with zero attached hydrogens (tertiary/aromatic N) is 1. The van der Waals surface area contributed by atoms with Crippen LogP contribution < -0.4 is 10.6 Å². The Kier molecular flexibility index (Phi) is 5.10. The minimum atomic E-state index is 0.0914. The van der Waals surface area contributed by atoms with Crippen molar-refractivity contribution in [2.24, 2.45) is 5.92 Å². The van der Waals surface area contributed by atoms with Crippen LogP contribution in [-0.4, -0.2) is 21.9 Å². The van der Waals surface area contributed by atoms with Crippen LogP contribution in [0.4, 0.5) is 5.95 Å². The fraction of sp³-hybridized carbons (Fsp3) is 0.280. The Balaban J connectivity index is 1.15. The van der Waals surface area contributed by atoms with Gasteiger partial charge in [0.1, 0.15) is 0 Å². The van der Waals surface area contributed by atoms with Gasteiger partial charge in [-0.25, -0.2) is 4.98 Å². The third kappa shape index (κ3) is 3.88. The Labute approximate surface area is 175 Å². The largest absolute Gasteiger partial charge is 0.353 e. The molecule has 5 heteroatoms. The molecule has 0 saturated heterocycles. The van der Waals surface area contributed by atoms with Gasteiger partial charge in [0.2, 0.25) is 11.9 Å². The molecule has 0 bridgehead atoms. The minimum Gasteiger partial charge on any atom is -0.353 e. The first-order valence-electron chi connectivity index (χ1n) is 10.7. The van der Waals surface area contributed by atoms with Crippen LogP contribution in [0.5, 0.6) is 0 Å². The second-order valence-corrected chi connectivity index (χ2v) is 8.15. The molecule has 1 aliphatic rings. The second kappa shape index (κ2) is 8.19. The van der Waals surface area contributed by atoms with Crippen molar-refractivity contribution in [1.82, 2.24) is 15.3 Å². The second-order valence-electron chi connectivity index (χ2n) is 8.15. The molecule has 1 aromatic heterocycles. The lowest BCUT2D eigenvalue weighted by atomic mass is 9.85. The SMILES string of the molecule is O=C(NCc1cccc2ccccc12)[C@H]1CC[C@@H](Nc2nc3ccccc3[nH]2)CC1. The van der Waals surface area contributed by atoms with Crippen molar-refractivity contribution in [2.45, 2.75) is 38.3 Å². The van der Waals surface area contributed by atoms with E-state index in [9.17, 15) is 4.79 Å². The number of hydrogen-bond donors (Lipinski definition) is 3. The topological polar surface area (TPSA) is 69.8 Å². The molecule has 5 nitrogen and oxygen atoms in total. The summed E-state index contributed by atoms with van der Waals surface area (Å²) < 4.78 is 0. The first-order valence-corrected chi connectivity index (χ1v) is 10.7. The molecule has 30 heavy (non-hydrogen) atoms. The molecule has 0 radical (unpaired) electrons. The van der Waals surface area contributed by atoms with Crippen LogP contribution in [0.2, 0.25) is 0 Å². The molecule has 5 rings (SSSR count). The van der Waals surface area contributed by atoms with Crippen molar-refractivity contribution in [3.8, 4) is 0 Å². The van der Waals surface area contributed by atoms with E-state index < -0.39 is 0 Å². The average Bonchev–Trinajstić information content (AvgIpc) is 3.20. The first-order chi connectivity index (χ1) is 14.8. The van der Waals surface area contributed by atoms with Gasteiger partial charge in [0.15, 0.2) is 0 Å². The normalized spacial score (nSPS) is 19.1. The number of para-hydroxylation sites is 2. The predicted molar refractivity (Wildman–Crippen MR) is 121 cm³/mol. The summed E-state index contributed by atoms with van der Waals surface area (Å²) in [6, 6.07) is 23.0. The zero-order valence-electron chi connectivity index (χ0n) is 16.9. The van der Waals surface area contributed by atoms with Gasteiger partial charge in [0, 0.05) is 18.5 Å². The van der Waals surface area contributed by atoms with Crippen molar-refractivity contribution in [3.05, 3.63) is 72.3 Å². The van der Waals surface area contributed by atoms with Gasteiger partial charge in [-0.2, -0.15) is 0 Å². The summed E-state index contributed by atoms with van der Waals surface area (Å²) in [5.74, 6) is 1.08. The number of aromatic amines is 1. The lowest BCUT2D eigenvalue weighted by Gasteiger charge is -2.28. The number of benzene rings is 3. The van der Waals surface area contributed by atoms with E-state index in [-0.39, 0.29) is 11.8 Å². The van der Waals surface area contributed by atoms with E-state index in [1.54, 1.807) is 0 Å². The van der Waals surface area contributed by atoms with E-state index in [4.69, 9.17) is 0 Å². The highest BCUT2D eigenvalue weighted by Gasteiger charge is 2.26. The number of amides is 1. The van der Waals surface area contributed by atoms with E-state index in [0.29, 0.717) is 12.6 Å². The standard InChI is InChI=1S/C25H26N4O/c30-24(26-16-19-8-5-7-17-6-1-2-9-21(17)19)18-12-14-20(15-13-18)27-25-28-22-10-3-4-11-23(22)29-25/h1-11,18,20H,12-16H2,(H,26,30)(H2,27,28,29)/t18-,20+. The highest BCUT2D eigenvalue weighted by atomic mass is 16.1. The lowest BCUT2D eigenvalue weighted by molar-refractivity contribution is -0.126. The number of fused-ring (bicyclic) bond motifs is 2. The number of H-pyrrole nitrogens is 1. The van der Waals surface area contributed by atoms with Crippen molar-refractivity contribution in [2.75, 3.05) is 5.32 Å². The molecular formula is C25H26N4O. The Bertz CT molecular complexity index is 1140. The summed E-state index contributed by atoms with van der Waals surface area (Å²) in [6.07, 6.45) is 3.76. The van der Waals surface area contributed by atoms with Gasteiger partial charge in [-0.15, -0.1) is 0 Å². The summed E-state index contributed by atoms with van der Waals surface area (Å²) >= 11 is 0. The van der Waals surface area contributed by atoms with Crippen LogP contribution >= 0.6 is 0 Å². The van der Waals surface area contributed by atoms with Gasteiger partial charge in [0.25, 0.3) is 0 Å². The maximum absolute atomic E-state index is 12.7. The number of hydrogen-bond acceptors (Lipinski definition) is 3. The summed E-state index contributed by atoms with van der Waals surface area (Å²) in [7, 11) is 0. The summed E-state index contributed by atoms with van der Waals surface area (Å²) in [4.78, 5) is 20.7. The molecule has 1 amide bonds.